The van der Waals surface area contributed by atoms with Crippen molar-refractivity contribution in [3.63, 3.8) is 0 Å². The van der Waals surface area contributed by atoms with Gasteiger partial charge in [-0.3, -0.25) is 4.98 Å². The van der Waals surface area contributed by atoms with Gasteiger partial charge in [-0.15, -0.1) is 0 Å². The van der Waals surface area contributed by atoms with Crippen LogP contribution in [0, 0.1) is 0 Å². The van der Waals surface area contributed by atoms with Gasteiger partial charge in [0.15, 0.2) is 23.9 Å². The van der Waals surface area contributed by atoms with E-state index in [1.54, 1.807) is 25.4 Å². The largest absolute Gasteiger partial charge is 0.493 e. The van der Waals surface area contributed by atoms with E-state index in [2.05, 4.69) is 29.2 Å². The second kappa shape index (κ2) is 6.87. The predicted molar refractivity (Wildman–Crippen MR) is 110 cm³/mol. The Kier molecular flexibility index (Phi) is 4.06. The Balaban J connectivity index is 1.72. The third-order valence-corrected chi connectivity index (χ3v) is 5.00. The number of aromatic nitrogens is 2. The summed E-state index contributed by atoms with van der Waals surface area (Å²) in [5.74, 6) is 0.407. The second-order valence-electron chi connectivity index (χ2n) is 6.70. The standard InChI is InChI=1S/C24H17N2O3/c1-28-22-9-8-17-13-21-19-7-3-2-5-16(19)10-12-26(21)15-20(17)23(22)29-24(27)18-6-4-11-25-14-18/h2-15H,1H3/q+1. The normalized spacial score (nSPS) is 11.1. The van der Waals surface area contributed by atoms with E-state index in [4.69, 9.17) is 9.47 Å². The summed E-state index contributed by atoms with van der Waals surface area (Å²) in [6, 6.07) is 19.6. The number of esters is 1. The first-order chi connectivity index (χ1) is 14.2. The summed E-state index contributed by atoms with van der Waals surface area (Å²) in [6.07, 6.45) is 7.06. The molecule has 29 heavy (non-hydrogen) atoms. The van der Waals surface area contributed by atoms with Crippen LogP contribution in [0.5, 0.6) is 11.5 Å². The van der Waals surface area contributed by atoms with Gasteiger partial charge in [0, 0.05) is 24.5 Å². The van der Waals surface area contributed by atoms with Crippen molar-refractivity contribution >= 4 is 33.0 Å². The lowest BCUT2D eigenvalue weighted by Crippen LogP contribution is -2.21. The van der Waals surface area contributed by atoms with Gasteiger partial charge in [-0.2, -0.15) is 4.40 Å². The van der Waals surface area contributed by atoms with Gasteiger partial charge in [0.25, 0.3) is 0 Å². The smallest absolute Gasteiger partial charge is 0.345 e. The van der Waals surface area contributed by atoms with Crippen LogP contribution in [0.1, 0.15) is 10.4 Å². The summed E-state index contributed by atoms with van der Waals surface area (Å²) in [4.78, 5) is 16.6. The first-order valence-corrected chi connectivity index (χ1v) is 9.20. The minimum atomic E-state index is -0.479. The van der Waals surface area contributed by atoms with Gasteiger partial charge in [-0.05, 0) is 41.1 Å². The molecule has 0 aliphatic rings. The third kappa shape index (κ3) is 2.93. The van der Waals surface area contributed by atoms with Crippen molar-refractivity contribution in [1.82, 2.24) is 4.98 Å². The van der Waals surface area contributed by atoms with Crippen LogP contribution >= 0.6 is 0 Å². The molecule has 5 rings (SSSR count). The van der Waals surface area contributed by atoms with E-state index in [0.29, 0.717) is 17.1 Å². The average Bonchev–Trinajstić information content (AvgIpc) is 2.78. The van der Waals surface area contributed by atoms with Gasteiger partial charge in [-0.25, -0.2) is 4.79 Å². The number of benzene rings is 2. The SMILES string of the molecule is COc1ccc2cc3c4ccccc4cc[n+]3cc2c1OC(=O)c1cccnc1. The van der Waals surface area contributed by atoms with Crippen molar-refractivity contribution in [2.45, 2.75) is 0 Å². The lowest BCUT2D eigenvalue weighted by molar-refractivity contribution is -0.509. The zero-order valence-electron chi connectivity index (χ0n) is 15.7. The Bertz CT molecular complexity index is 1380. The number of nitrogens with zero attached hydrogens (tertiary/aromatic N) is 2. The molecule has 0 saturated carbocycles. The summed E-state index contributed by atoms with van der Waals surface area (Å²) in [5, 5.41) is 4.07. The summed E-state index contributed by atoms with van der Waals surface area (Å²) >= 11 is 0. The van der Waals surface area contributed by atoms with E-state index < -0.39 is 5.97 Å². The number of hydrogen-bond donors (Lipinski definition) is 0. The molecule has 0 aliphatic heterocycles. The monoisotopic (exact) mass is 381 g/mol. The molecule has 5 nitrogen and oxygen atoms in total. The van der Waals surface area contributed by atoms with Gasteiger partial charge < -0.3 is 9.47 Å². The number of methoxy groups -OCH3 is 1. The number of carbonyl (C=O) groups is 1. The van der Waals surface area contributed by atoms with Crippen LogP contribution in [0.4, 0.5) is 0 Å². The van der Waals surface area contributed by atoms with Gasteiger partial charge in [-0.1, -0.05) is 18.2 Å². The third-order valence-electron chi connectivity index (χ3n) is 5.00. The fourth-order valence-electron chi connectivity index (χ4n) is 3.56. The summed E-state index contributed by atoms with van der Waals surface area (Å²) < 4.78 is 13.3. The maximum Gasteiger partial charge on any atom is 0.345 e. The highest BCUT2D eigenvalue weighted by Gasteiger charge is 2.19. The Hall–Kier alpha value is -3.99. The Morgan fingerprint density at radius 1 is 0.966 bits per heavy atom. The maximum atomic E-state index is 12.6. The molecule has 3 aromatic heterocycles. The van der Waals surface area contributed by atoms with E-state index in [1.165, 1.54) is 11.6 Å². The molecule has 2 aromatic carbocycles. The quantitative estimate of drug-likeness (QED) is 0.153. The van der Waals surface area contributed by atoms with E-state index in [0.717, 1.165) is 21.7 Å². The van der Waals surface area contributed by atoms with Crippen molar-refractivity contribution in [3.05, 3.63) is 91.0 Å². The second-order valence-corrected chi connectivity index (χ2v) is 6.70. The number of pyridine rings is 3. The van der Waals surface area contributed by atoms with E-state index in [1.807, 2.05) is 41.1 Å². The Morgan fingerprint density at radius 2 is 1.86 bits per heavy atom. The molecule has 0 aliphatic carbocycles. The fraction of sp³-hybridized carbons (Fsp3) is 0.0417. The summed E-state index contributed by atoms with van der Waals surface area (Å²) in [7, 11) is 1.56. The van der Waals surface area contributed by atoms with Crippen molar-refractivity contribution in [3.8, 4) is 11.5 Å². The molecule has 0 bridgehead atoms. The minimum Gasteiger partial charge on any atom is -0.493 e. The summed E-state index contributed by atoms with van der Waals surface area (Å²) in [6.45, 7) is 0. The molecular weight excluding hydrogens is 364 g/mol. The van der Waals surface area contributed by atoms with Crippen LogP contribution in [-0.4, -0.2) is 18.1 Å². The van der Waals surface area contributed by atoms with Gasteiger partial charge in [0.05, 0.1) is 23.4 Å². The van der Waals surface area contributed by atoms with E-state index in [-0.39, 0.29) is 0 Å². The van der Waals surface area contributed by atoms with Crippen LogP contribution in [0.25, 0.3) is 27.1 Å². The molecular formula is C24H17N2O3+. The summed E-state index contributed by atoms with van der Waals surface area (Å²) in [5.41, 5.74) is 1.45. The molecule has 5 aromatic rings. The van der Waals surface area contributed by atoms with Gasteiger partial charge in [0.2, 0.25) is 5.52 Å². The van der Waals surface area contributed by atoms with E-state index in [9.17, 15) is 4.79 Å². The molecule has 0 unspecified atom stereocenters. The van der Waals surface area contributed by atoms with Gasteiger partial charge in [0.1, 0.15) is 0 Å². The molecule has 5 heteroatoms. The topological polar surface area (TPSA) is 52.5 Å². The van der Waals surface area contributed by atoms with Crippen molar-refractivity contribution in [2.75, 3.05) is 7.11 Å². The minimum absolute atomic E-state index is 0.381. The number of rotatable bonds is 3. The lowest BCUT2D eigenvalue weighted by Gasteiger charge is -2.11. The highest BCUT2D eigenvalue weighted by atomic mass is 16.6. The van der Waals surface area contributed by atoms with Crippen LogP contribution in [0.3, 0.4) is 0 Å². The first kappa shape index (κ1) is 17.1. The van der Waals surface area contributed by atoms with Crippen molar-refractivity contribution < 1.29 is 18.7 Å². The van der Waals surface area contributed by atoms with Crippen LogP contribution in [0.15, 0.2) is 85.5 Å². The fourth-order valence-corrected chi connectivity index (χ4v) is 3.56. The highest BCUT2D eigenvalue weighted by Crippen LogP contribution is 2.36. The molecule has 0 fully saturated rings. The molecule has 0 N–H and O–H groups in total. The van der Waals surface area contributed by atoms with Crippen LogP contribution < -0.4 is 13.9 Å². The molecule has 0 atom stereocenters. The van der Waals surface area contributed by atoms with Crippen LogP contribution in [-0.2, 0) is 0 Å². The first-order valence-electron chi connectivity index (χ1n) is 9.20. The number of carbonyl (C=O) groups excluding carboxylic acids is 1. The predicted octanol–water partition coefficient (Wildman–Crippen LogP) is 4.35. The Labute approximate surface area is 166 Å². The van der Waals surface area contributed by atoms with Crippen molar-refractivity contribution in [1.29, 1.82) is 0 Å². The van der Waals surface area contributed by atoms with Crippen molar-refractivity contribution in [2.24, 2.45) is 0 Å². The molecule has 140 valence electrons. The van der Waals surface area contributed by atoms with E-state index >= 15 is 0 Å². The molecule has 0 spiro atoms. The average molecular weight is 381 g/mol. The highest BCUT2D eigenvalue weighted by molar-refractivity contribution is 6.00. The number of fused-ring (bicyclic) bond motifs is 4. The number of hydrogen-bond acceptors (Lipinski definition) is 4. The molecule has 0 radical (unpaired) electrons. The zero-order chi connectivity index (χ0) is 19.8. The lowest BCUT2D eigenvalue weighted by atomic mass is 10.1. The van der Waals surface area contributed by atoms with Crippen LogP contribution in [0.2, 0.25) is 0 Å². The Morgan fingerprint density at radius 3 is 2.69 bits per heavy atom. The maximum absolute atomic E-state index is 12.6. The molecule has 0 saturated heterocycles. The van der Waals surface area contributed by atoms with Gasteiger partial charge >= 0.3 is 5.97 Å². The zero-order valence-corrected chi connectivity index (χ0v) is 15.7. The number of ether oxygens (including phenoxy) is 2. The molecule has 3 heterocycles. The molecule has 0 amide bonds.